The van der Waals surface area contributed by atoms with Gasteiger partial charge >= 0.3 is 0 Å². The first kappa shape index (κ1) is 14.8. The molecule has 0 saturated heterocycles. The lowest BCUT2D eigenvalue weighted by molar-refractivity contribution is 0.0952. The Kier molecular flexibility index (Phi) is 4.06. The maximum atomic E-state index is 12.4. The van der Waals surface area contributed by atoms with Gasteiger partial charge in [0.2, 0.25) is 5.91 Å². The predicted molar refractivity (Wildman–Crippen MR) is 90.1 cm³/mol. The zero-order valence-corrected chi connectivity index (χ0v) is 12.5. The quantitative estimate of drug-likeness (QED) is 0.778. The molecule has 0 spiro atoms. The van der Waals surface area contributed by atoms with Crippen LogP contribution < -0.4 is 11.1 Å². The highest BCUT2D eigenvalue weighted by atomic mass is 16.2. The molecule has 3 aromatic rings. The molecule has 0 aliphatic carbocycles. The molecule has 0 aromatic heterocycles. The van der Waals surface area contributed by atoms with Crippen molar-refractivity contribution < 1.29 is 9.59 Å². The summed E-state index contributed by atoms with van der Waals surface area (Å²) in [5.74, 6) is -0.626. The van der Waals surface area contributed by atoms with Crippen LogP contribution in [0.1, 0.15) is 26.3 Å². The van der Waals surface area contributed by atoms with Crippen LogP contribution in [0.5, 0.6) is 0 Å². The van der Waals surface area contributed by atoms with E-state index in [0.29, 0.717) is 17.7 Å². The summed E-state index contributed by atoms with van der Waals surface area (Å²) < 4.78 is 0. The van der Waals surface area contributed by atoms with E-state index in [2.05, 4.69) is 5.32 Å². The third-order valence-electron chi connectivity index (χ3n) is 3.70. The lowest BCUT2D eigenvalue weighted by Crippen LogP contribution is -2.23. The summed E-state index contributed by atoms with van der Waals surface area (Å²) in [5.41, 5.74) is 7.16. The van der Waals surface area contributed by atoms with Gasteiger partial charge in [0, 0.05) is 17.7 Å². The minimum Gasteiger partial charge on any atom is -0.366 e. The van der Waals surface area contributed by atoms with Crippen molar-refractivity contribution in [3.8, 4) is 0 Å². The molecule has 0 aliphatic heterocycles. The van der Waals surface area contributed by atoms with Gasteiger partial charge in [0.1, 0.15) is 0 Å². The van der Waals surface area contributed by atoms with E-state index in [1.54, 1.807) is 24.3 Å². The number of fused-ring (bicyclic) bond motifs is 1. The molecule has 3 N–H and O–H groups in total. The molecule has 0 heterocycles. The van der Waals surface area contributed by atoms with Gasteiger partial charge in [0.05, 0.1) is 0 Å². The SMILES string of the molecule is NC(=O)c1cccc(CNC(=O)c2cccc3ccccc23)c1. The smallest absolute Gasteiger partial charge is 0.252 e. The summed E-state index contributed by atoms with van der Waals surface area (Å²) in [6.45, 7) is 0.336. The van der Waals surface area contributed by atoms with Crippen molar-refractivity contribution in [2.75, 3.05) is 0 Å². The largest absolute Gasteiger partial charge is 0.366 e. The van der Waals surface area contributed by atoms with Gasteiger partial charge in [-0.15, -0.1) is 0 Å². The second kappa shape index (κ2) is 6.32. The van der Waals surface area contributed by atoms with Gasteiger partial charge in [0.15, 0.2) is 0 Å². The molecule has 114 valence electrons. The molecule has 0 atom stereocenters. The van der Waals surface area contributed by atoms with E-state index in [4.69, 9.17) is 5.73 Å². The zero-order valence-electron chi connectivity index (χ0n) is 12.5. The van der Waals surface area contributed by atoms with Crippen LogP contribution in [-0.4, -0.2) is 11.8 Å². The highest BCUT2D eigenvalue weighted by Crippen LogP contribution is 2.18. The first-order valence-corrected chi connectivity index (χ1v) is 7.30. The summed E-state index contributed by atoms with van der Waals surface area (Å²) in [6.07, 6.45) is 0. The number of carbonyl (C=O) groups is 2. The maximum Gasteiger partial charge on any atom is 0.252 e. The number of hydrogen-bond acceptors (Lipinski definition) is 2. The number of nitrogens with two attached hydrogens (primary N) is 1. The fourth-order valence-corrected chi connectivity index (χ4v) is 2.54. The van der Waals surface area contributed by atoms with Crippen LogP contribution in [0, 0.1) is 0 Å². The van der Waals surface area contributed by atoms with E-state index >= 15 is 0 Å². The Balaban J connectivity index is 1.79. The monoisotopic (exact) mass is 304 g/mol. The Bertz CT molecular complexity index is 882. The summed E-state index contributed by atoms with van der Waals surface area (Å²) in [5, 5.41) is 4.82. The van der Waals surface area contributed by atoms with Crippen LogP contribution in [0.2, 0.25) is 0 Å². The summed E-state index contributed by atoms with van der Waals surface area (Å²) in [4.78, 5) is 23.6. The van der Waals surface area contributed by atoms with Gasteiger partial charge in [-0.3, -0.25) is 9.59 Å². The molecular weight excluding hydrogens is 288 g/mol. The minimum absolute atomic E-state index is 0.147. The van der Waals surface area contributed by atoms with Crippen molar-refractivity contribution in [3.63, 3.8) is 0 Å². The number of amides is 2. The Hall–Kier alpha value is -3.14. The zero-order chi connectivity index (χ0) is 16.2. The highest BCUT2D eigenvalue weighted by molar-refractivity contribution is 6.07. The molecule has 4 nitrogen and oxygen atoms in total. The molecule has 4 heteroatoms. The highest BCUT2D eigenvalue weighted by Gasteiger charge is 2.09. The third kappa shape index (κ3) is 3.21. The van der Waals surface area contributed by atoms with E-state index in [1.165, 1.54) is 0 Å². The molecule has 0 radical (unpaired) electrons. The van der Waals surface area contributed by atoms with Crippen LogP contribution in [-0.2, 0) is 6.54 Å². The molecule has 0 aliphatic rings. The van der Waals surface area contributed by atoms with Crippen LogP contribution >= 0.6 is 0 Å². The Labute approximate surface area is 133 Å². The lowest BCUT2D eigenvalue weighted by Gasteiger charge is -2.09. The van der Waals surface area contributed by atoms with E-state index in [-0.39, 0.29) is 5.91 Å². The Morgan fingerprint density at radius 1 is 0.913 bits per heavy atom. The van der Waals surface area contributed by atoms with Gasteiger partial charge in [0.25, 0.3) is 5.91 Å². The van der Waals surface area contributed by atoms with E-state index < -0.39 is 5.91 Å². The molecule has 3 aromatic carbocycles. The van der Waals surface area contributed by atoms with Crippen LogP contribution in [0.25, 0.3) is 10.8 Å². The van der Waals surface area contributed by atoms with Crippen molar-refractivity contribution in [2.45, 2.75) is 6.54 Å². The molecule has 0 bridgehead atoms. The molecule has 3 rings (SSSR count). The summed E-state index contributed by atoms with van der Waals surface area (Å²) in [6, 6.07) is 20.3. The van der Waals surface area contributed by atoms with Crippen LogP contribution in [0.3, 0.4) is 0 Å². The van der Waals surface area contributed by atoms with Gasteiger partial charge in [-0.25, -0.2) is 0 Å². The average molecular weight is 304 g/mol. The van der Waals surface area contributed by atoms with Crippen molar-refractivity contribution in [1.82, 2.24) is 5.32 Å². The van der Waals surface area contributed by atoms with Gasteiger partial charge < -0.3 is 11.1 Å². The molecule has 0 unspecified atom stereocenters. The minimum atomic E-state index is -0.479. The number of carbonyl (C=O) groups excluding carboxylic acids is 2. The molecule has 0 fully saturated rings. The second-order valence-electron chi connectivity index (χ2n) is 5.27. The van der Waals surface area contributed by atoms with Crippen molar-refractivity contribution in [3.05, 3.63) is 83.4 Å². The van der Waals surface area contributed by atoms with E-state index in [0.717, 1.165) is 16.3 Å². The third-order valence-corrected chi connectivity index (χ3v) is 3.70. The van der Waals surface area contributed by atoms with Gasteiger partial charge in [-0.2, -0.15) is 0 Å². The van der Waals surface area contributed by atoms with Crippen LogP contribution in [0.4, 0.5) is 0 Å². The topological polar surface area (TPSA) is 72.2 Å². The Morgan fingerprint density at radius 3 is 2.48 bits per heavy atom. The second-order valence-corrected chi connectivity index (χ2v) is 5.27. The molecule has 2 amide bonds. The van der Waals surface area contributed by atoms with Gasteiger partial charge in [-0.1, -0.05) is 48.5 Å². The van der Waals surface area contributed by atoms with E-state index in [1.807, 2.05) is 42.5 Å². The fraction of sp³-hybridized carbons (Fsp3) is 0.0526. The average Bonchev–Trinajstić information content (AvgIpc) is 2.59. The van der Waals surface area contributed by atoms with Crippen molar-refractivity contribution in [2.24, 2.45) is 5.73 Å². The number of rotatable bonds is 4. The van der Waals surface area contributed by atoms with Crippen molar-refractivity contribution in [1.29, 1.82) is 0 Å². The lowest BCUT2D eigenvalue weighted by atomic mass is 10.0. The fourth-order valence-electron chi connectivity index (χ4n) is 2.54. The van der Waals surface area contributed by atoms with Crippen molar-refractivity contribution >= 4 is 22.6 Å². The summed E-state index contributed by atoms with van der Waals surface area (Å²) >= 11 is 0. The first-order valence-electron chi connectivity index (χ1n) is 7.30. The summed E-state index contributed by atoms with van der Waals surface area (Å²) in [7, 11) is 0. The molecule has 0 saturated carbocycles. The van der Waals surface area contributed by atoms with Gasteiger partial charge in [-0.05, 0) is 34.5 Å². The number of primary amides is 1. The molecule has 23 heavy (non-hydrogen) atoms. The van der Waals surface area contributed by atoms with Crippen LogP contribution in [0.15, 0.2) is 66.7 Å². The normalized spacial score (nSPS) is 10.4. The predicted octanol–water partition coefficient (Wildman–Crippen LogP) is 2.87. The Morgan fingerprint density at radius 2 is 1.65 bits per heavy atom. The van der Waals surface area contributed by atoms with E-state index in [9.17, 15) is 9.59 Å². The number of benzene rings is 3. The standard InChI is InChI=1S/C19H16N2O2/c20-18(22)15-8-3-5-13(11-15)12-21-19(23)17-10-4-7-14-6-1-2-9-16(14)17/h1-11H,12H2,(H2,20,22)(H,21,23). The first-order chi connectivity index (χ1) is 11.1. The molecular formula is C19H16N2O2. The number of hydrogen-bond donors (Lipinski definition) is 2. The number of nitrogens with one attached hydrogen (secondary N) is 1. The maximum absolute atomic E-state index is 12.4.